The highest BCUT2D eigenvalue weighted by Gasteiger charge is 2.52. The van der Waals surface area contributed by atoms with Crippen molar-refractivity contribution < 1.29 is 31.9 Å². The van der Waals surface area contributed by atoms with E-state index >= 15 is 0 Å². The number of ether oxygens (including phenoxy) is 1. The molecule has 2 aromatic carbocycles. The minimum atomic E-state index is -1.18. The van der Waals surface area contributed by atoms with Crippen LogP contribution in [0.5, 0.6) is 5.75 Å². The summed E-state index contributed by atoms with van der Waals surface area (Å²) in [7, 11) is 0. The van der Waals surface area contributed by atoms with Crippen LogP contribution in [0.1, 0.15) is 51.2 Å². The summed E-state index contributed by atoms with van der Waals surface area (Å²) in [6.45, 7) is -0.484. The molecular weight excluding hydrogens is 530 g/mol. The largest absolute Gasteiger partial charge is 0.483 e. The van der Waals surface area contributed by atoms with Crippen molar-refractivity contribution in [2.24, 2.45) is 5.92 Å². The molecule has 4 atom stereocenters. The molecule has 0 radical (unpaired) electrons. The van der Waals surface area contributed by atoms with E-state index in [1.807, 2.05) is 0 Å². The van der Waals surface area contributed by atoms with Crippen LogP contribution in [-0.4, -0.2) is 39.5 Å². The number of nitrogens with one attached hydrogen (secondary N) is 1. The third-order valence-corrected chi connectivity index (χ3v) is 8.10. The molecule has 1 aliphatic carbocycles. The summed E-state index contributed by atoms with van der Waals surface area (Å²) in [6.07, 6.45) is 1.74. The van der Waals surface area contributed by atoms with Crippen molar-refractivity contribution in [3.8, 4) is 5.75 Å². The summed E-state index contributed by atoms with van der Waals surface area (Å²) in [5.41, 5.74) is -1.20. The number of alkyl halides is 1. The Bertz CT molecular complexity index is 1540. The van der Waals surface area contributed by atoms with Gasteiger partial charge in [0.05, 0.1) is 12.1 Å². The minimum absolute atomic E-state index is 0.0630. The maximum Gasteiger partial charge on any atom is 0.275 e. The van der Waals surface area contributed by atoms with Gasteiger partial charge in [-0.05, 0) is 30.7 Å². The number of nitrogens with zero attached hydrogens (tertiary/aromatic N) is 2. The number of rotatable bonds is 6. The van der Waals surface area contributed by atoms with E-state index in [1.165, 1.54) is 15.7 Å². The summed E-state index contributed by atoms with van der Waals surface area (Å²) in [5.74, 6) is -5.37. The van der Waals surface area contributed by atoms with Gasteiger partial charge in [0.2, 0.25) is 5.43 Å². The fraction of sp³-hybridized carbons (Fsp3) is 0.345. The molecule has 3 fully saturated rings. The number of halogens is 4. The van der Waals surface area contributed by atoms with Crippen LogP contribution in [0, 0.1) is 23.4 Å². The monoisotopic (exact) mass is 555 g/mol. The Labute approximate surface area is 226 Å². The molecule has 2 saturated heterocycles. The van der Waals surface area contributed by atoms with Crippen molar-refractivity contribution in [3.63, 3.8) is 0 Å². The van der Waals surface area contributed by atoms with E-state index in [9.17, 15) is 31.9 Å². The number of piperidine rings is 2. The molecule has 4 heterocycles. The second kappa shape index (κ2) is 10.1. The fourth-order valence-electron chi connectivity index (χ4n) is 6.16. The number of carbonyl (C=O) groups is 2. The van der Waals surface area contributed by atoms with E-state index in [0.29, 0.717) is 30.5 Å². The van der Waals surface area contributed by atoms with E-state index in [4.69, 9.17) is 4.74 Å². The van der Waals surface area contributed by atoms with Crippen LogP contribution >= 0.6 is 0 Å². The molecule has 2 amide bonds. The number of fused-ring (bicyclic) bond motifs is 3. The van der Waals surface area contributed by atoms with Gasteiger partial charge in [-0.15, -0.1) is 0 Å². The average molecular weight is 556 g/mol. The quantitative estimate of drug-likeness (QED) is 0.465. The highest BCUT2D eigenvalue weighted by molar-refractivity contribution is 5.99. The molecule has 40 heavy (non-hydrogen) atoms. The van der Waals surface area contributed by atoms with Gasteiger partial charge in [0.15, 0.2) is 11.4 Å². The molecule has 1 N–H and O–H groups in total. The second-order valence-electron chi connectivity index (χ2n) is 10.4. The standard InChI is InChI=1S/C29H25F4N3O4/c30-17-9-20(31)18(21(32)10-17)11-34-28(38)19-12-35-13-24-16-6-7-23(22(33)8-16)36(24)29(39)25(35)27(26(19)37)40-14-15-4-2-1-3-5-15/h1-5,9-10,12,16,22-24H,6-8,11,13-14H2,(H,34,38)/t16-,22+,23+,24-/m0/s1. The fourth-order valence-corrected chi connectivity index (χ4v) is 6.16. The predicted molar refractivity (Wildman–Crippen MR) is 135 cm³/mol. The van der Waals surface area contributed by atoms with E-state index in [2.05, 4.69) is 5.32 Å². The van der Waals surface area contributed by atoms with Gasteiger partial charge in [-0.3, -0.25) is 14.4 Å². The number of hydrogen-bond donors (Lipinski definition) is 1. The minimum Gasteiger partial charge on any atom is -0.483 e. The normalized spacial score (nSPS) is 23.0. The highest BCUT2D eigenvalue weighted by Crippen LogP contribution is 2.44. The Hall–Kier alpha value is -4.15. The van der Waals surface area contributed by atoms with Crippen molar-refractivity contribution in [1.29, 1.82) is 0 Å². The maximum atomic E-state index is 14.8. The Morgan fingerprint density at radius 1 is 1.02 bits per heavy atom. The summed E-state index contributed by atoms with van der Waals surface area (Å²) >= 11 is 0. The molecule has 3 aromatic rings. The number of carbonyl (C=O) groups excluding carboxylic acids is 2. The smallest absolute Gasteiger partial charge is 0.275 e. The second-order valence-corrected chi connectivity index (χ2v) is 10.4. The van der Waals surface area contributed by atoms with Gasteiger partial charge >= 0.3 is 0 Å². The van der Waals surface area contributed by atoms with Crippen molar-refractivity contribution in [2.75, 3.05) is 0 Å². The first-order valence-electron chi connectivity index (χ1n) is 13.1. The Morgan fingerprint density at radius 2 is 1.75 bits per heavy atom. The topological polar surface area (TPSA) is 80.6 Å². The number of amides is 2. The lowest BCUT2D eigenvalue weighted by atomic mass is 9.72. The lowest BCUT2D eigenvalue weighted by Crippen LogP contribution is -2.65. The summed E-state index contributed by atoms with van der Waals surface area (Å²) in [5, 5.41) is 2.31. The van der Waals surface area contributed by atoms with Crippen molar-refractivity contribution >= 4 is 11.8 Å². The SMILES string of the molecule is O=C(NCc1c(F)cc(F)cc1F)c1cn2c(c(OCc3ccccc3)c1=O)C(=O)N1[C@@H]3CC[C@@H](C[C@H]3F)[C@@H]1C2. The Balaban J connectivity index is 1.37. The predicted octanol–water partition coefficient (Wildman–Crippen LogP) is 4.12. The van der Waals surface area contributed by atoms with E-state index < -0.39 is 59.0 Å². The first-order valence-corrected chi connectivity index (χ1v) is 13.1. The summed E-state index contributed by atoms with van der Waals surface area (Å²) in [6, 6.07) is 8.99. The molecule has 2 bridgehead atoms. The van der Waals surface area contributed by atoms with Crippen LogP contribution < -0.4 is 15.5 Å². The molecule has 1 aromatic heterocycles. The van der Waals surface area contributed by atoms with Gasteiger partial charge < -0.3 is 19.5 Å². The van der Waals surface area contributed by atoms with Gasteiger partial charge in [0.1, 0.15) is 35.8 Å². The zero-order valence-corrected chi connectivity index (χ0v) is 21.2. The zero-order valence-electron chi connectivity index (χ0n) is 21.2. The van der Waals surface area contributed by atoms with Gasteiger partial charge in [-0.2, -0.15) is 0 Å². The summed E-state index contributed by atoms with van der Waals surface area (Å²) < 4.78 is 63.7. The first kappa shape index (κ1) is 26.1. The van der Waals surface area contributed by atoms with Gasteiger partial charge in [-0.25, -0.2) is 17.6 Å². The van der Waals surface area contributed by atoms with E-state index in [0.717, 1.165) is 6.42 Å². The molecule has 7 rings (SSSR count). The lowest BCUT2D eigenvalue weighted by molar-refractivity contribution is -0.0564. The molecule has 7 nitrogen and oxygen atoms in total. The van der Waals surface area contributed by atoms with Crippen molar-refractivity contribution in [3.05, 3.63) is 98.7 Å². The molecule has 3 aliphatic heterocycles. The highest BCUT2D eigenvalue weighted by atomic mass is 19.1. The van der Waals surface area contributed by atoms with Crippen LogP contribution in [0.2, 0.25) is 0 Å². The lowest BCUT2D eigenvalue weighted by Gasteiger charge is -2.55. The number of aromatic nitrogens is 1. The van der Waals surface area contributed by atoms with Gasteiger partial charge in [0, 0.05) is 37.0 Å². The molecule has 4 aliphatic rings. The Morgan fingerprint density at radius 3 is 2.45 bits per heavy atom. The summed E-state index contributed by atoms with van der Waals surface area (Å²) in [4.78, 5) is 42.0. The number of hydrogen-bond acceptors (Lipinski definition) is 4. The van der Waals surface area contributed by atoms with Crippen LogP contribution in [0.4, 0.5) is 17.6 Å². The third-order valence-electron chi connectivity index (χ3n) is 8.10. The van der Waals surface area contributed by atoms with Crippen molar-refractivity contribution in [2.45, 2.75) is 57.2 Å². The van der Waals surface area contributed by atoms with Crippen LogP contribution in [-0.2, 0) is 19.7 Å². The first-order chi connectivity index (χ1) is 19.2. The third kappa shape index (κ3) is 4.43. The van der Waals surface area contributed by atoms with E-state index in [-0.39, 0.29) is 42.1 Å². The molecule has 208 valence electrons. The van der Waals surface area contributed by atoms with Crippen LogP contribution in [0.25, 0.3) is 0 Å². The molecule has 0 unspecified atom stereocenters. The average Bonchev–Trinajstić information content (AvgIpc) is 2.92. The van der Waals surface area contributed by atoms with Crippen LogP contribution in [0.15, 0.2) is 53.5 Å². The number of pyridine rings is 1. The molecule has 1 saturated carbocycles. The molecular formula is C29H25F4N3O4. The van der Waals surface area contributed by atoms with Gasteiger partial charge in [0.25, 0.3) is 11.8 Å². The van der Waals surface area contributed by atoms with Gasteiger partial charge in [-0.1, -0.05) is 30.3 Å². The number of benzene rings is 2. The zero-order chi connectivity index (χ0) is 28.1. The molecule has 11 heteroatoms. The van der Waals surface area contributed by atoms with Crippen LogP contribution in [0.3, 0.4) is 0 Å². The van der Waals surface area contributed by atoms with Crippen molar-refractivity contribution in [1.82, 2.24) is 14.8 Å². The Kier molecular flexibility index (Phi) is 6.59. The van der Waals surface area contributed by atoms with E-state index in [1.54, 1.807) is 30.3 Å². The maximum absolute atomic E-state index is 14.8. The molecule has 0 spiro atoms.